The highest BCUT2D eigenvalue weighted by Gasteiger charge is 2.33. The Labute approximate surface area is 201 Å². The number of nitrogens with zero attached hydrogens (tertiary/aromatic N) is 3. The Hall–Kier alpha value is -3.29. The van der Waals surface area contributed by atoms with Gasteiger partial charge in [0.2, 0.25) is 5.91 Å². The molecule has 1 aliphatic carbocycles. The van der Waals surface area contributed by atoms with Gasteiger partial charge in [-0.1, -0.05) is 19.1 Å². The normalized spacial score (nSPS) is 16.1. The number of hydrogen-bond acceptors (Lipinski definition) is 6. The second-order valence-electron chi connectivity index (χ2n) is 9.13. The van der Waals surface area contributed by atoms with Crippen LogP contribution in [-0.2, 0) is 9.59 Å². The molecule has 0 bridgehead atoms. The molecule has 2 heterocycles. The van der Waals surface area contributed by atoms with Crippen LogP contribution < -0.4 is 19.7 Å². The number of amides is 2. The average molecular weight is 467 g/mol. The zero-order valence-electron chi connectivity index (χ0n) is 20.0. The highest BCUT2D eigenvalue weighted by Crippen LogP contribution is 2.29. The van der Waals surface area contributed by atoms with E-state index in [1.165, 1.54) is 12.8 Å². The number of methoxy groups -OCH3 is 1. The average Bonchev–Trinajstić information content (AvgIpc) is 3.69. The number of carbonyl (C=O) groups excluding carboxylic acids is 2. The van der Waals surface area contributed by atoms with E-state index in [1.807, 2.05) is 24.3 Å². The van der Waals surface area contributed by atoms with Crippen molar-refractivity contribution in [3.63, 3.8) is 0 Å². The smallest absolute Gasteiger partial charge is 0.260 e. The fourth-order valence-electron chi connectivity index (χ4n) is 4.19. The third-order valence-electron chi connectivity index (χ3n) is 6.45. The molecule has 1 saturated heterocycles. The summed E-state index contributed by atoms with van der Waals surface area (Å²) in [6, 6.07) is 11.3. The lowest BCUT2D eigenvalue weighted by atomic mass is 9.99. The molecule has 1 saturated carbocycles. The summed E-state index contributed by atoms with van der Waals surface area (Å²) in [5, 5.41) is 2.90. The Kier molecular flexibility index (Phi) is 7.87. The molecule has 4 rings (SSSR count). The second kappa shape index (κ2) is 11.2. The first-order chi connectivity index (χ1) is 16.5. The summed E-state index contributed by atoms with van der Waals surface area (Å²) in [5.74, 6) is 2.58. The van der Waals surface area contributed by atoms with Crippen LogP contribution in [0.4, 0.5) is 11.5 Å². The quantitative estimate of drug-likeness (QED) is 0.575. The molecular weight excluding hydrogens is 432 g/mol. The van der Waals surface area contributed by atoms with E-state index >= 15 is 0 Å². The maximum Gasteiger partial charge on any atom is 0.260 e. The van der Waals surface area contributed by atoms with Crippen LogP contribution in [0.2, 0.25) is 0 Å². The van der Waals surface area contributed by atoms with Crippen molar-refractivity contribution in [2.45, 2.75) is 45.1 Å². The van der Waals surface area contributed by atoms with Crippen LogP contribution in [0.1, 0.15) is 39.0 Å². The predicted octanol–water partition coefficient (Wildman–Crippen LogP) is 3.73. The Balaban J connectivity index is 1.25. The number of carbonyl (C=O) groups is 2. The second-order valence-corrected chi connectivity index (χ2v) is 9.13. The van der Waals surface area contributed by atoms with Crippen molar-refractivity contribution in [1.82, 2.24) is 9.88 Å². The molecule has 182 valence electrons. The van der Waals surface area contributed by atoms with Crippen molar-refractivity contribution in [1.29, 1.82) is 0 Å². The molecule has 34 heavy (non-hydrogen) atoms. The van der Waals surface area contributed by atoms with Gasteiger partial charge in [-0.15, -0.1) is 0 Å². The van der Waals surface area contributed by atoms with Crippen molar-refractivity contribution >= 4 is 23.3 Å². The van der Waals surface area contributed by atoms with Crippen LogP contribution in [0.3, 0.4) is 0 Å². The van der Waals surface area contributed by atoms with Gasteiger partial charge in [-0.2, -0.15) is 0 Å². The Morgan fingerprint density at radius 3 is 2.47 bits per heavy atom. The molecule has 0 atom stereocenters. The molecule has 8 heteroatoms. The SMILES string of the molecule is COc1ccccc1OCC(=O)N(CCC(=O)Nc1ccc(N2CCC(C)CC2)nc1)C1CC1. The minimum atomic E-state index is -0.134. The molecule has 1 aromatic heterocycles. The number of nitrogens with one attached hydrogen (secondary N) is 1. The molecule has 2 aliphatic rings. The van der Waals surface area contributed by atoms with Crippen LogP contribution in [0.25, 0.3) is 0 Å². The molecule has 0 unspecified atom stereocenters. The minimum Gasteiger partial charge on any atom is -0.493 e. The van der Waals surface area contributed by atoms with E-state index in [4.69, 9.17) is 9.47 Å². The van der Waals surface area contributed by atoms with Crippen LogP contribution in [-0.4, -0.2) is 61.1 Å². The van der Waals surface area contributed by atoms with Crippen molar-refractivity contribution in [2.24, 2.45) is 5.92 Å². The molecule has 2 fully saturated rings. The summed E-state index contributed by atoms with van der Waals surface area (Å²) in [4.78, 5) is 33.9. The van der Waals surface area contributed by atoms with Crippen LogP contribution in [0.15, 0.2) is 42.6 Å². The number of ether oxygens (including phenoxy) is 2. The number of benzene rings is 1. The zero-order chi connectivity index (χ0) is 23.9. The lowest BCUT2D eigenvalue weighted by Gasteiger charge is -2.31. The van der Waals surface area contributed by atoms with E-state index in [9.17, 15) is 9.59 Å². The third-order valence-corrected chi connectivity index (χ3v) is 6.45. The number of rotatable bonds is 10. The molecule has 2 amide bonds. The van der Waals surface area contributed by atoms with Crippen LogP contribution >= 0.6 is 0 Å². The standard InChI is InChI=1S/C26H34N4O4/c1-19-11-14-29(15-12-19)24-10-7-20(17-27-24)28-25(31)13-16-30(21-8-9-21)26(32)18-34-23-6-4-3-5-22(23)33-2/h3-7,10,17,19,21H,8-9,11-16,18H2,1-2H3,(H,28,31). The monoisotopic (exact) mass is 466 g/mol. The van der Waals surface area contributed by atoms with Gasteiger partial charge in [0.1, 0.15) is 5.82 Å². The fraction of sp³-hybridized carbons (Fsp3) is 0.500. The maximum absolute atomic E-state index is 12.8. The highest BCUT2D eigenvalue weighted by atomic mass is 16.5. The van der Waals surface area contributed by atoms with E-state index in [2.05, 4.69) is 22.1 Å². The molecule has 1 aromatic carbocycles. The first-order valence-electron chi connectivity index (χ1n) is 12.1. The Bertz CT molecular complexity index is 969. The number of aromatic nitrogens is 1. The van der Waals surface area contributed by atoms with Gasteiger partial charge < -0.3 is 24.6 Å². The number of para-hydroxylation sites is 2. The molecule has 2 aromatic rings. The lowest BCUT2D eigenvalue weighted by molar-refractivity contribution is -0.134. The van der Waals surface area contributed by atoms with Gasteiger partial charge in [0.05, 0.1) is 19.0 Å². The Morgan fingerprint density at radius 1 is 1.09 bits per heavy atom. The van der Waals surface area contributed by atoms with E-state index in [1.54, 1.807) is 30.3 Å². The number of pyridine rings is 1. The third kappa shape index (κ3) is 6.40. The van der Waals surface area contributed by atoms with Crippen LogP contribution in [0.5, 0.6) is 11.5 Å². The van der Waals surface area contributed by atoms with E-state index < -0.39 is 0 Å². The van der Waals surface area contributed by atoms with Crippen molar-refractivity contribution in [2.75, 3.05) is 43.6 Å². The lowest BCUT2D eigenvalue weighted by Crippen LogP contribution is -2.38. The van der Waals surface area contributed by atoms with E-state index in [0.717, 1.165) is 37.7 Å². The largest absolute Gasteiger partial charge is 0.493 e. The highest BCUT2D eigenvalue weighted by molar-refractivity contribution is 5.91. The summed E-state index contributed by atoms with van der Waals surface area (Å²) >= 11 is 0. The summed E-state index contributed by atoms with van der Waals surface area (Å²) < 4.78 is 11.0. The molecule has 1 N–H and O–H groups in total. The van der Waals surface area contributed by atoms with Gasteiger partial charge in [0.15, 0.2) is 18.1 Å². The van der Waals surface area contributed by atoms with Crippen molar-refractivity contribution < 1.29 is 19.1 Å². The predicted molar refractivity (Wildman–Crippen MR) is 131 cm³/mol. The summed E-state index contributed by atoms with van der Waals surface area (Å²) in [7, 11) is 1.57. The molecular formula is C26H34N4O4. The maximum atomic E-state index is 12.8. The molecule has 0 spiro atoms. The molecule has 1 aliphatic heterocycles. The summed E-state index contributed by atoms with van der Waals surface area (Å²) in [5.41, 5.74) is 0.669. The molecule has 8 nitrogen and oxygen atoms in total. The topological polar surface area (TPSA) is 84.0 Å². The van der Waals surface area contributed by atoms with Gasteiger partial charge in [-0.3, -0.25) is 9.59 Å². The first kappa shape index (κ1) is 23.9. The Morgan fingerprint density at radius 2 is 1.82 bits per heavy atom. The van der Waals surface area contributed by atoms with E-state index in [0.29, 0.717) is 23.7 Å². The van der Waals surface area contributed by atoms with Crippen LogP contribution in [0, 0.1) is 5.92 Å². The minimum absolute atomic E-state index is 0.0842. The van der Waals surface area contributed by atoms with Gasteiger partial charge in [-0.05, 0) is 55.9 Å². The molecule has 0 radical (unpaired) electrons. The first-order valence-corrected chi connectivity index (χ1v) is 12.1. The summed E-state index contributed by atoms with van der Waals surface area (Å²) in [6.45, 7) is 4.60. The van der Waals surface area contributed by atoms with Crippen molar-refractivity contribution in [3.8, 4) is 11.5 Å². The van der Waals surface area contributed by atoms with Gasteiger partial charge >= 0.3 is 0 Å². The fourth-order valence-corrected chi connectivity index (χ4v) is 4.19. The van der Waals surface area contributed by atoms with Gasteiger partial charge in [-0.25, -0.2) is 4.98 Å². The number of anilines is 2. The number of piperidine rings is 1. The van der Waals surface area contributed by atoms with Crippen molar-refractivity contribution in [3.05, 3.63) is 42.6 Å². The van der Waals surface area contributed by atoms with E-state index in [-0.39, 0.29) is 30.9 Å². The summed E-state index contributed by atoms with van der Waals surface area (Å²) in [6.07, 6.45) is 6.21. The number of hydrogen-bond donors (Lipinski definition) is 1. The van der Waals surface area contributed by atoms with Gasteiger partial charge in [0.25, 0.3) is 5.91 Å². The van der Waals surface area contributed by atoms with Gasteiger partial charge in [0, 0.05) is 32.1 Å². The zero-order valence-corrected chi connectivity index (χ0v) is 20.0.